The molecular weight excluding hydrogens is 305 g/mol. The predicted molar refractivity (Wildman–Crippen MR) is 79.6 cm³/mol. The monoisotopic (exact) mass is 325 g/mol. The summed E-state index contributed by atoms with van der Waals surface area (Å²) in [6.07, 6.45) is 5.28. The third-order valence-electron chi connectivity index (χ3n) is 4.84. The molecule has 1 nitrogen and oxygen atoms in total. The van der Waals surface area contributed by atoms with Crippen LogP contribution in [0.1, 0.15) is 31.7 Å². The highest BCUT2D eigenvalue weighted by Crippen LogP contribution is 2.59. The van der Waals surface area contributed by atoms with E-state index in [1.807, 2.05) is 12.1 Å². The molecule has 0 radical (unpaired) electrons. The third kappa shape index (κ3) is 2.73. The summed E-state index contributed by atoms with van der Waals surface area (Å²) in [6, 6.07) is 5.98. The average molecular weight is 326 g/mol. The molecule has 3 rings (SSSR count). The second kappa shape index (κ2) is 5.53. The van der Waals surface area contributed by atoms with Crippen LogP contribution in [0, 0.1) is 23.6 Å². The van der Waals surface area contributed by atoms with Gasteiger partial charge in [-0.05, 0) is 77.2 Å². The number of nitrogens with one attached hydrogen (secondary N) is 1. The Bertz CT molecular complexity index is 452. The molecule has 0 amide bonds. The second-order valence-electron chi connectivity index (χ2n) is 5.95. The molecule has 3 atom stereocenters. The number of likely N-dealkylation sites (N-methyl/N-ethyl adjacent to an activating group) is 1. The molecule has 104 valence electrons. The minimum Gasteiger partial charge on any atom is -0.314 e. The minimum absolute atomic E-state index is 0.174. The lowest BCUT2D eigenvalue weighted by Crippen LogP contribution is -2.34. The Morgan fingerprint density at radius 3 is 2.74 bits per heavy atom. The molecule has 0 saturated heterocycles. The van der Waals surface area contributed by atoms with Crippen molar-refractivity contribution in [2.45, 2.75) is 38.6 Å². The number of rotatable bonds is 5. The Kier molecular flexibility index (Phi) is 3.95. The molecule has 1 aromatic carbocycles. The Morgan fingerprint density at radius 1 is 1.37 bits per heavy atom. The number of hydrogen-bond acceptors (Lipinski definition) is 1. The SMILES string of the molecule is CCNC(Cc1ccc(F)c(Br)c1)C1C2CCCC21. The first-order valence-electron chi connectivity index (χ1n) is 7.38. The first-order chi connectivity index (χ1) is 9.20. The van der Waals surface area contributed by atoms with E-state index in [9.17, 15) is 4.39 Å². The quantitative estimate of drug-likeness (QED) is 0.857. The lowest BCUT2D eigenvalue weighted by Gasteiger charge is -2.20. The van der Waals surface area contributed by atoms with E-state index in [-0.39, 0.29) is 5.82 Å². The largest absolute Gasteiger partial charge is 0.314 e. The van der Waals surface area contributed by atoms with Crippen LogP contribution in [0.25, 0.3) is 0 Å². The fraction of sp³-hybridized carbons (Fsp3) is 0.625. The summed E-state index contributed by atoms with van der Waals surface area (Å²) in [5.74, 6) is 2.62. The van der Waals surface area contributed by atoms with Gasteiger partial charge in [0.2, 0.25) is 0 Å². The molecule has 2 aliphatic carbocycles. The summed E-state index contributed by atoms with van der Waals surface area (Å²) < 4.78 is 13.9. The highest BCUT2D eigenvalue weighted by molar-refractivity contribution is 9.10. The average Bonchev–Trinajstić information content (AvgIpc) is 2.86. The van der Waals surface area contributed by atoms with Gasteiger partial charge >= 0.3 is 0 Å². The predicted octanol–water partition coefficient (Wildman–Crippen LogP) is 4.15. The molecule has 3 heteroatoms. The molecule has 0 aliphatic heterocycles. The van der Waals surface area contributed by atoms with Crippen molar-refractivity contribution in [2.24, 2.45) is 17.8 Å². The van der Waals surface area contributed by atoms with Crippen LogP contribution in [0.4, 0.5) is 4.39 Å². The first-order valence-corrected chi connectivity index (χ1v) is 8.17. The molecule has 0 spiro atoms. The molecule has 3 unspecified atom stereocenters. The van der Waals surface area contributed by atoms with Gasteiger partial charge in [0.05, 0.1) is 4.47 Å². The first kappa shape index (κ1) is 13.6. The van der Waals surface area contributed by atoms with Crippen LogP contribution in [-0.2, 0) is 6.42 Å². The molecule has 1 aromatic rings. The lowest BCUT2D eigenvalue weighted by atomic mass is 9.97. The zero-order valence-electron chi connectivity index (χ0n) is 11.3. The molecular formula is C16H21BrFN. The van der Waals surface area contributed by atoms with Crippen molar-refractivity contribution in [3.8, 4) is 0 Å². The number of benzene rings is 1. The van der Waals surface area contributed by atoms with Crippen molar-refractivity contribution in [3.05, 3.63) is 34.1 Å². The van der Waals surface area contributed by atoms with E-state index >= 15 is 0 Å². The van der Waals surface area contributed by atoms with Gasteiger partial charge in [-0.1, -0.05) is 19.4 Å². The summed E-state index contributed by atoms with van der Waals surface area (Å²) in [6.45, 7) is 3.19. The van der Waals surface area contributed by atoms with Crippen LogP contribution >= 0.6 is 15.9 Å². The topological polar surface area (TPSA) is 12.0 Å². The third-order valence-corrected chi connectivity index (χ3v) is 5.45. The van der Waals surface area contributed by atoms with Crippen LogP contribution in [-0.4, -0.2) is 12.6 Å². The molecule has 2 fully saturated rings. The van der Waals surface area contributed by atoms with Crippen molar-refractivity contribution in [3.63, 3.8) is 0 Å². The van der Waals surface area contributed by atoms with E-state index in [4.69, 9.17) is 0 Å². The van der Waals surface area contributed by atoms with Gasteiger partial charge in [0.25, 0.3) is 0 Å². The zero-order valence-corrected chi connectivity index (χ0v) is 12.9. The van der Waals surface area contributed by atoms with E-state index in [0.717, 1.165) is 30.7 Å². The van der Waals surface area contributed by atoms with Crippen LogP contribution < -0.4 is 5.32 Å². The van der Waals surface area contributed by atoms with Crippen molar-refractivity contribution in [2.75, 3.05) is 6.54 Å². The fourth-order valence-corrected chi connectivity index (χ4v) is 4.43. The molecule has 19 heavy (non-hydrogen) atoms. The van der Waals surface area contributed by atoms with Gasteiger partial charge in [-0.15, -0.1) is 0 Å². The van der Waals surface area contributed by atoms with Gasteiger partial charge in [-0.3, -0.25) is 0 Å². The van der Waals surface area contributed by atoms with Gasteiger partial charge in [0, 0.05) is 6.04 Å². The van der Waals surface area contributed by atoms with E-state index in [2.05, 4.69) is 28.2 Å². The molecule has 0 heterocycles. The van der Waals surface area contributed by atoms with Crippen molar-refractivity contribution in [1.29, 1.82) is 0 Å². The van der Waals surface area contributed by atoms with E-state index < -0.39 is 0 Å². The van der Waals surface area contributed by atoms with Crippen molar-refractivity contribution < 1.29 is 4.39 Å². The summed E-state index contributed by atoms with van der Waals surface area (Å²) >= 11 is 3.28. The number of fused-ring (bicyclic) bond motifs is 1. The second-order valence-corrected chi connectivity index (χ2v) is 6.81. The zero-order chi connectivity index (χ0) is 13.4. The maximum absolute atomic E-state index is 13.3. The van der Waals surface area contributed by atoms with E-state index in [1.54, 1.807) is 6.07 Å². The molecule has 0 aromatic heterocycles. The van der Waals surface area contributed by atoms with Gasteiger partial charge in [0.1, 0.15) is 5.82 Å². The van der Waals surface area contributed by atoms with Gasteiger partial charge in [-0.25, -0.2) is 4.39 Å². The highest BCUT2D eigenvalue weighted by Gasteiger charge is 2.55. The fourth-order valence-electron chi connectivity index (χ4n) is 4.00. The molecule has 2 aliphatic rings. The van der Waals surface area contributed by atoms with Crippen LogP contribution in [0.15, 0.2) is 22.7 Å². The Labute approximate surface area is 123 Å². The lowest BCUT2D eigenvalue weighted by molar-refractivity contribution is 0.410. The maximum Gasteiger partial charge on any atom is 0.137 e. The Hall–Kier alpha value is -0.410. The Morgan fingerprint density at radius 2 is 2.11 bits per heavy atom. The standard InChI is InChI=1S/C16H21BrFN/c1-2-19-15(16-11-4-3-5-12(11)16)9-10-6-7-14(18)13(17)8-10/h6-8,11-12,15-16,19H,2-5,9H2,1H3. The van der Waals surface area contributed by atoms with Crippen molar-refractivity contribution >= 4 is 15.9 Å². The summed E-state index contributed by atoms with van der Waals surface area (Å²) in [5.41, 5.74) is 1.23. The highest BCUT2D eigenvalue weighted by atomic mass is 79.9. The van der Waals surface area contributed by atoms with E-state index in [0.29, 0.717) is 10.5 Å². The van der Waals surface area contributed by atoms with Gasteiger partial charge in [-0.2, -0.15) is 0 Å². The van der Waals surface area contributed by atoms with Crippen molar-refractivity contribution in [1.82, 2.24) is 5.32 Å². The van der Waals surface area contributed by atoms with Crippen LogP contribution in [0.3, 0.4) is 0 Å². The van der Waals surface area contributed by atoms with Gasteiger partial charge < -0.3 is 5.32 Å². The number of halogens is 2. The molecule has 0 bridgehead atoms. The van der Waals surface area contributed by atoms with Crippen LogP contribution in [0.5, 0.6) is 0 Å². The summed E-state index contributed by atoms with van der Waals surface area (Å²) in [4.78, 5) is 0. The molecule has 2 saturated carbocycles. The summed E-state index contributed by atoms with van der Waals surface area (Å²) in [5, 5.41) is 3.65. The smallest absolute Gasteiger partial charge is 0.137 e. The van der Waals surface area contributed by atoms with Gasteiger partial charge in [0.15, 0.2) is 0 Å². The maximum atomic E-state index is 13.3. The van der Waals surface area contributed by atoms with Crippen LogP contribution in [0.2, 0.25) is 0 Å². The van der Waals surface area contributed by atoms with E-state index in [1.165, 1.54) is 24.8 Å². The summed E-state index contributed by atoms with van der Waals surface area (Å²) in [7, 11) is 0. The Balaban J connectivity index is 1.69. The minimum atomic E-state index is -0.174. The number of hydrogen-bond donors (Lipinski definition) is 1. The normalized spacial score (nSPS) is 30.2. The molecule has 1 N–H and O–H groups in total.